The van der Waals surface area contributed by atoms with E-state index in [1.54, 1.807) is 36.7 Å². The van der Waals surface area contributed by atoms with Crippen LogP contribution in [0.3, 0.4) is 0 Å². The highest BCUT2D eigenvalue weighted by molar-refractivity contribution is 5.74. The topological polar surface area (TPSA) is 178 Å². The number of carbonyl (C=O) groups excluding carboxylic acids is 1. The SMILES string of the molecule is C.Nc1n[nH]c(-c2ccncn2)n1.O=Cc1ccccc1.c1ccc(CCc2nc(-c3ccncn3)n[nH]2)cc1. The van der Waals surface area contributed by atoms with Gasteiger partial charge in [0, 0.05) is 24.4 Å². The molecule has 2 aromatic carbocycles. The van der Waals surface area contributed by atoms with E-state index in [1.165, 1.54) is 18.2 Å². The van der Waals surface area contributed by atoms with Crippen molar-refractivity contribution in [1.82, 2.24) is 50.3 Å². The monoisotopic (exact) mass is 535 g/mol. The third kappa shape index (κ3) is 9.03. The van der Waals surface area contributed by atoms with Gasteiger partial charge in [-0.15, -0.1) is 5.10 Å². The first-order valence-electron chi connectivity index (χ1n) is 11.9. The molecule has 0 radical (unpaired) electrons. The van der Waals surface area contributed by atoms with Crippen LogP contribution < -0.4 is 5.73 Å². The third-order valence-corrected chi connectivity index (χ3v) is 5.10. The Labute approximate surface area is 231 Å². The van der Waals surface area contributed by atoms with Crippen molar-refractivity contribution in [2.75, 3.05) is 5.73 Å². The highest BCUT2D eigenvalue weighted by atomic mass is 16.1. The zero-order valence-corrected chi connectivity index (χ0v) is 20.8. The van der Waals surface area contributed by atoms with Crippen molar-refractivity contribution in [1.29, 1.82) is 0 Å². The number of hydrogen-bond acceptors (Lipinski definition) is 10. The highest BCUT2D eigenvalue weighted by Crippen LogP contribution is 2.11. The molecule has 0 aliphatic rings. The largest absolute Gasteiger partial charge is 0.366 e. The number of aromatic nitrogens is 10. The van der Waals surface area contributed by atoms with Crippen molar-refractivity contribution in [3.63, 3.8) is 0 Å². The summed E-state index contributed by atoms with van der Waals surface area (Å²) in [6.45, 7) is 0. The fourth-order valence-corrected chi connectivity index (χ4v) is 3.20. The number of rotatable bonds is 6. The molecule has 40 heavy (non-hydrogen) atoms. The second-order valence-corrected chi connectivity index (χ2v) is 7.85. The van der Waals surface area contributed by atoms with Gasteiger partial charge in [0.1, 0.15) is 36.2 Å². The molecular weight excluding hydrogens is 506 g/mol. The summed E-state index contributed by atoms with van der Waals surface area (Å²) in [5.74, 6) is 2.25. The average Bonchev–Trinajstić information content (AvgIpc) is 3.68. The lowest BCUT2D eigenvalue weighted by atomic mass is 10.1. The molecule has 202 valence electrons. The maximum atomic E-state index is 10.0. The Kier molecular flexibility index (Phi) is 11.3. The Bertz CT molecular complexity index is 1520. The van der Waals surface area contributed by atoms with Crippen molar-refractivity contribution < 1.29 is 4.79 Å². The van der Waals surface area contributed by atoms with E-state index in [2.05, 4.69) is 62.4 Å². The Morgan fingerprint density at radius 2 is 1.38 bits per heavy atom. The van der Waals surface area contributed by atoms with Crippen molar-refractivity contribution in [3.05, 3.63) is 115 Å². The highest BCUT2D eigenvalue weighted by Gasteiger charge is 2.07. The summed E-state index contributed by atoms with van der Waals surface area (Å²) in [6.07, 6.45) is 8.86. The van der Waals surface area contributed by atoms with Crippen molar-refractivity contribution >= 4 is 12.2 Å². The standard InChI is InChI=1S/C14H13N5.C7H6O.C6H6N6.CH4/c1-2-4-11(5-3-1)6-7-13-17-14(19-18-13)12-8-9-15-10-16-12;8-6-7-4-2-1-3-5-7;7-6-10-5(11-12-6)4-1-2-8-3-9-4;/h1-5,8-10H,6-7H2,(H,17,18,19);1-6H;1-3H,(H3,7,10,11,12);1H4. The van der Waals surface area contributed by atoms with E-state index in [0.717, 1.165) is 36.2 Å². The molecule has 4 aromatic heterocycles. The first-order chi connectivity index (χ1) is 19.2. The summed E-state index contributed by atoms with van der Waals surface area (Å²) >= 11 is 0. The lowest BCUT2D eigenvalue weighted by Crippen LogP contribution is -1.93. The Balaban J connectivity index is 0.000000180. The molecule has 0 unspecified atom stereocenters. The van der Waals surface area contributed by atoms with Crippen LogP contribution in [0.15, 0.2) is 97.8 Å². The van der Waals surface area contributed by atoms with Gasteiger partial charge in [-0.05, 0) is 24.1 Å². The molecule has 12 heteroatoms. The number of benzene rings is 2. The molecule has 6 rings (SSSR count). The number of aryl methyl sites for hydroxylation is 2. The number of nitrogen functional groups attached to an aromatic ring is 1. The van der Waals surface area contributed by atoms with E-state index in [9.17, 15) is 4.79 Å². The summed E-state index contributed by atoms with van der Waals surface area (Å²) < 4.78 is 0. The first kappa shape index (κ1) is 28.9. The van der Waals surface area contributed by atoms with Gasteiger partial charge in [0.25, 0.3) is 0 Å². The van der Waals surface area contributed by atoms with E-state index in [-0.39, 0.29) is 13.4 Å². The van der Waals surface area contributed by atoms with Crippen LogP contribution in [-0.4, -0.2) is 56.6 Å². The van der Waals surface area contributed by atoms with Crippen LogP contribution in [0, 0.1) is 0 Å². The average molecular weight is 536 g/mol. The molecule has 0 fully saturated rings. The normalized spacial score (nSPS) is 9.70. The number of hydrogen-bond donors (Lipinski definition) is 3. The number of nitrogens with zero attached hydrogens (tertiary/aromatic N) is 8. The second kappa shape index (κ2) is 15.6. The molecular formula is C28H29N11O. The molecule has 0 saturated carbocycles. The Morgan fingerprint density at radius 3 is 1.93 bits per heavy atom. The Morgan fingerprint density at radius 1 is 0.725 bits per heavy atom. The van der Waals surface area contributed by atoms with Gasteiger partial charge >= 0.3 is 0 Å². The minimum atomic E-state index is 0. The smallest absolute Gasteiger partial charge is 0.239 e. The fourth-order valence-electron chi connectivity index (χ4n) is 3.20. The van der Waals surface area contributed by atoms with Crippen LogP contribution in [0.5, 0.6) is 0 Å². The van der Waals surface area contributed by atoms with Crippen LogP contribution in [0.25, 0.3) is 23.0 Å². The lowest BCUT2D eigenvalue weighted by Gasteiger charge is -1.97. The van der Waals surface area contributed by atoms with Gasteiger partial charge in [-0.25, -0.2) is 24.9 Å². The van der Waals surface area contributed by atoms with Crippen LogP contribution in [-0.2, 0) is 12.8 Å². The van der Waals surface area contributed by atoms with Crippen molar-refractivity contribution in [3.8, 4) is 23.0 Å². The first-order valence-corrected chi connectivity index (χ1v) is 11.9. The summed E-state index contributed by atoms with van der Waals surface area (Å²) in [6, 6.07) is 22.9. The number of carbonyl (C=O) groups is 1. The van der Waals surface area contributed by atoms with Crippen LogP contribution in [0.1, 0.15) is 29.2 Å². The quantitative estimate of drug-likeness (QED) is 0.264. The second-order valence-electron chi connectivity index (χ2n) is 7.85. The zero-order valence-electron chi connectivity index (χ0n) is 20.8. The van der Waals surface area contributed by atoms with Crippen LogP contribution in [0.4, 0.5) is 5.95 Å². The number of aldehydes is 1. The molecule has 0 aliphatic carbocycles. The molecule has 12 nitrogen and oxygen atoms in total. The summed E-state index contributed by atoms with van der Waals surface area (Å²) in [5, 5.41) is 13.4. The van der Waals surface area contributed by atoms with E-state index in [1.807, 2.05) is 36.4 Å². The predicted octanol–water partition coefficient (Wildman–Crippen LogP) is 4.03. The summed E-state index contributed by atoms with van der Waals surface area (Å²) in [7, 11) is 0. The minimum Gasteiger partial charge on any atom is -0.366 e. The Hall–Kier alpha value is -5.65. The lowest BCUT2D eigenvalue weighted by molar-refractivity contribution is 0.112. The van der Waals surface area contributed by atoms with E-state index in [0.29, 0.717) is 17.3 Å². The van der Waals surface area contributed by atoms with Crippen LogP contribution >= 0.6 is 0 Å². The van der Waals surface area contributed by atoms with Gasteiger partial charge in [-0.1, -0.05) is 68.1 Å². The molecule has 0 amide bonds. The van der Waals surface area contributed by atoms with E-state index < -0.39 is 0 Å². The molecule has 0 atom stereocenters. The number of nitrogens with two attached hydrogens (primary N) is 1. The number of aromatic amines is 2. The molecule has 0 aliphatic heterocycles. The molecule has 0 bridgehead atoms. The third-order valence-electron chi connectivity index (χ3n) is 5.10. The van der Waals surface area contributed by atoms with Gasteiger partial charge in [0.2, 0.25) is 5.95 Å². The van der Waals surface area contributed by atoms with E-state index >= 15 is 0 Å². The zero-order chi connectivity index (χ0) is 27.1. The number of nitrogens with one attached hydrogen (secondary N) is 2. The fraction of sp³-hybridized carbons (Fsp3) is 0.107. The molecule has 0 saturated heterocycles. The van der Waals surface area contributed by atoms with Gasteiger partial charge in [0.15, 0.2) is 11.6 Å². The van der Waals surface area contributed by atoms with Crippen molar-refractivity contribution in [2.24, 2.45) is 0 Å². The molecule has 6 aromatic rings. The predicted molar refractivity (Wildman–Crippen MR) is 152 cm³/mol. The van der Waals surface area contributed by atoms with Crippen molar-refractivity contribution in [2.45, 2.75) is 20.3 Å². The molecule has 0 spiro atoms. The number of H-pyrrole nitrogens is 2. The maximum absolute atomic E-state index is 10.0. The maximum Gasteiger partial charge on any atom is 0.239 e. The van der Waals surface area contributed by atoms with Gasteiger partial charge in [-0.2, -0.15) is 10.1 Å². The minimum absolute atomic E-state index is 0. The van der Waals surface area contributed by atoms with Gasteiger partial charge < -0.3 is 5.73 Å². The van der Waals surface area contributed by atoms with Gasteiger partial charge in [-0.3, -0.25) is 15.0 Å². The van der Waals surface area contributed by atoms with Gasteiger partial charge in [0.05, 0.1) is 0 Å². The molecule has 4 N–H and O–H groups in total. The van der Waals surface area contributed by atoms with Crippen LogP contribution in [0.2, 0.25) is 0 Å². The molecule has 4 heterocycles. The van der Waals surface area contributed by atoms with E-state index in [4.69, 9.17) is 5.73 Å². The summed E-state index contributed by atoms with van der Waals surface area (Å²) in [4.78, 5) is 34.1. The summed E-state index contributed by atoms with van der Waals surface area (Å²) in [5.41, 5.74) is 8.75. The number of anilines is 1.